The van der Waals surface area contributed by atoms with Crippen molar-refractivity contribution in [2.45, 2.75) is 148 Å². The van der Waals surface area contributed by atoms with Crippen molar-refractivity contribution < 1.29 is 47.2 Å². The van der Waals surface area contributed by atoms with E-state index in [0.717, 1.165) is 44.9 Å². The molecule has 0 saturated heterocycles. The summed E-state index contributed by atoms with van der Waals surface area (Å²) in [5.41, 5.74) is 0. The summed E-state index contributed by atoms with van der Waals surface area (Å²) < 4.78 is 33.6. The van der Waals surface area contributed by atoms with Crippen molar-refractivity contribution in [2.24, 2.45) is 0 Å². The Morgan fingerprint density at radius 1 is 0.691 bits per heavy atom. The Balaban J connectivity index is 4.64. The maximum atomic E-state index is 12.6. The number of phosphoric ester groups is 1. The number of likely N-dealkylation sites (N-methyl/N-ethyl adjacent to an activating group) is 1. The first-order chi connectivity index (χ1) is 26.4. The van der Waals surface area contributed by atoms with Crippen LogP contribution in [0.2, 0.25) is 0 Å². The molecule has 10 nitrogen and oxygen atoms in total. The topological polar surface area (TPSA) is 131 Å². The number of rotatable bonds is 36. The number of allylic oxidation sites excluding steroid dienone is 10. The van der Waals surface area contributed by atoms with E-state index >= 15 is 0 Å². The Morgan fingerprint density at radius 2 is 1.27 bits per heavy atom. The van der Waals surface area contributed by atoms with Gasteiger partial charge in [0, 0.05) is 12.8 Å². The summed E-state index contributed by atoms with van der Waals surface area (Å²) in [6, 6.07) is 0. The number of esters is 2. The fourth-order valence-corrected chi connectivity index (χ4v) is 5.79. The van der Waals surface area contributed by atoms with Crippen molar-refractivity contribution in [3.8, 4) is 0 Å². The highest BCUT2D eigenvalue weighted by atomic mass is 31.2. The van der Waals surface area contributed by atoms with Crippen LogP contribution in [0, 0.1) is 0 Å². The molecule has 316 valence electrons. The second-order valence-corrected chi connectivity index (χ2v) is 16.2. The zero-order valence-corrected chi connectivity index (χ0v) is 35.8. The van der Waals surface area contributed by atoms with Crippen LogP contribution in [0.1, 0.15) is 136 Å². The van der Waals surface area contributed by atoms with E-state index in [2.05, 4.69) is 50.3 Å². The normalized spacial score (nSPS) is 15.0. The molecule has 0 aromatic heterocycles. The first-order valence-corrected chi connectivity index (χ1v) is 22.2. The van der Waals surface area contributed by atoms with Crippen molar-refractivity contribution in [1.82, 2.24) is 0 Å². The summed E-state index contributed by atoms with van der Waals surface area (Å²) in [4.78, 5) is 37.4. The van der Waals surface area contributed by atoms with Gasteiger partial charge in [-0.3, -0.25) is 14.2 Å². The number of ether oxygens (including phenoxy) is 2. The number of hydrogen-bond acceptors (Lipinski definition) is 9. The van der Waals surface area contributed by atoms with Crippen LogP contribution in [0.25, 0.3) is 0 Å². The summed E-state index contributed by atoms with van der Waals surface area (Å²) in [5.74, 6) is -1.02. The number of nitrogens with zero attached hydrogens (tertiary/aromatic N) is 1. The molecule has 0 spiro atoms. The number of aliphatic hydroxyl groups is 1. The van der Waals surface area contributed by atoms with Crippen molar-refractivity contribution >= 4 is 19.8 Å². The fourth-order valence-electron chi connectivity index (χ4n) is 5.06. The van der Waals surface area contributed by atoms with Crippen LogP contribution in [0.15, 0.2) is 72.9 Å². The van der Waals surface area contributed by atoms with Crippen LogP contribution in [0.5, 0.6) is 0 Å². The van der Waals surface area contributed by atoms with E-state index in [1.807, 2.05) is 39.4 Å². The molecular weight excluding hydrogens is 717 g/mol. The SMILES string of the molecule is CC/C=C\C/C=C\C/C=C\C/C=C\C=C\C(O)C/C=C\CCC(=O)OC(COC(=O)CCCCCCCCCCCCC)COP(=O)([O-])OCC[N+](C)(C)C. The lowest BCUT2D eigenvalue weighted by Crippen LogP contribution is -2.37. The Labute approximate surface area is 334 Å². The third-order valence-corrected chi connectivity index (χ3v) is 9.30. The number of carbonyl (C=O) groups is 2. The number of phosphoric acid groups is 1. The first-order valence-electron chi connectivity index (χ1n) is 20.8. The van der Waals surface area contributed by atoms with Crippen molar-refractivity contribution in [3.05, 3.63) is 72.9 Å². The van der Waals surface area contributed by atoms with Gasteiger partial charge < -0.3 is 33.0 Å². The molecule has 1 N–H and O–H groups in total. The van der Waals surface area contributed by atoms with Gasteiger partial charge >= 0.3 is 11.9 Å². The third-order valence-electron chi connectivity index (χ3n) is 8.33. The molecule has 0 aromatic carbocycles. The van der Waals surface area contributed by atoms with Gasteiger partial charge in [-0.1, -0.05) is 151 Å². The summed E-state index contributed by atoms with van der Waals surface area (Å²) >= 11 is 0. The number of carbonyl (C=O) groups excluding carboxylic acids is 2. The number of aliphatic hydroxyl groups excluding tert-OH is 1. The Kier molecular flexibility index (Phi) is 34.1. The molecule has 0 aliphatic carbocycles. The van der Waals surface area contributed by atoms with Gasteiger partial charge in [-0.2, -0.15) is 0 Å². The average molecular weight is 794 g/mol. The largest absolute Gasteiger partial charge is 0.756 e. The summed E-state index contributed by atoms with van der Waals surface area (Å²) in [7, 11) is 1.05. The van der Waals surface area contributed by atoms with Crippen LogP contribution in [0.3, 0.4) is 0 Å². The maximum Gasteiger partial charge on any atom is 0.306 e. The zero-order chi connectivity index (χ0) is 40.9. The molecule has 0 amide bonds. The van der Waals surface area contributed by atoms with Crippen molar-refractivity contribution in [3.63, 3.8) is 0 Å². The zero-order valence-electron chi connectivity index (χ0n) is 35.0. The van der Waals surface area contributed by atoms with Gasteiger partial charge in [0.1, 0.15) is 19.8 Å². The van der Waals surface area contributed by atoms with Gasteiger partial charge in [-0.25, -0.2) is 0 Å². The van der Waals surface area contributed by atoms with E-state index in [0.29, 0.717) is 30.3 Å². The van der Waals surface area contributed by atoms with E-state index in [-0.39, 0.29) is 26.1 Å². The second kappa shape index (κ2) is 35.8. The maximum absolute atomic E-state index is 12.6. The minimum absolute atomic E-state index is 0.0165. The second-order valence-electron chi connectivity index (χ2n) is 14.8. The van der Waals surface area contributed by atoms with E-state index in [1.165, 1.54) is 44.9 Å². The lowest BCUT2D eigenvalue weighted by atomic mass is 10.1. The fraction of sp³-hybridized carbons (Fsp3) is 0.682. The minimum Gasteiger partial charge on any atom is -0.756 e. The highest BCUT2D eigenvalue weighted by Gasteiger charge is 2.21. The smallest absolute Gasteiger partial charge is 0.306 e. The Hall–Kier alpha value is -2.59. The molecule has 55 heavy (non-hydrogen) atoms. The monoisotopic (exact) mass is 794 g/mol. The molecule has 0 radical (unpaired) electrons. The van der Waals surface area contributed by atoms with Gasteiger partial charge in [0.2, 0.25) is 0 Å². The highest BCUT2D eigenvalue weighted by Crippen LogP contribution is 2.38. The van der Waals surface area contributed by atoms with Gasteiger partial charge in [0.25, 0.3) is 7.82 Å². The van der Waals surface area contributed by atoms with Crippen LogP contribution in [0.4, 0.5) is 0 Å². The van der Waals surface area contributed by atoms with Crippen molar-refractivity contribution in [1.29, 1.82) is 0 Å². The van der Waals surface area contributed by atoms with Crippen LogP contribution in [-0.2, 0) is 32.7 Å². The third kappa shape index (κ3) is 39.4. The molecule has 0 aliphatic heterocycles. The van der Waals surface area contributed by atoms with Crippen LogP contribution in [-0.4, -0.2) is 81.2 Å². The lowest BCUT2D eigenvalue weighted by molar-refractivity contribution is -0.870. The Bertz CT molecular complexity index is 1190. The van der Waals surface area contributed by atoms with Crippen molar-refractivity contribution in [2.75, 3.05) is 47.5 Å². The summed E-state index contributed by atoms with van der Waals surface area (Å²) in [6.45, 7) is 3.87. The van der Waals surface area contributed by atoms with Gasteiger partial charge in [-0.05, 0) is 44.9 Å². The number of hydrogen-bond donors (Lipinski definition) is 1. The molecule has 0 heterocycles. The molecule has 11 heteroatoms. The van der Waals surface area contributed by atoms with E-state index in [1.54, 1.807) is 18.2 Å². The predicted molar refractivity (Wildman–Crippen MR) is 223 cm³/mol. The Morgan fingerprint density at radius 3 is 1.87 bits per heavy atom. The molecule has 0 fully saturated rings. The molecular formula is C44H76NO9P. The quantitative estimate of drug-likeness (QED) is 0.0165. The summed E-state index contributed by atoms with van der Waals surface area (Å²) in [5, 5.41) is 10.2. The molecule has 3 unspecified atom stereocenters. The molecule has 3 atom stereocenters. The number of quaternary nitrogens is 1. The lowest BCUT2D eigenvalue weighted by Gasteiger charge is -2.28. The van der Waals surface area contributed by atoms with Crippen LogP contribution >= 0.6 is 7.82 Å². The van der Waals surface area contributed by atoms with Crippen LogP contribution < -0.4 is 4.89 Å². The molecule has 0 saturated carbocycles. The molecule has 0 aromatic rings. The predicted octanol–water partition coefficient (Wildman–Crippen LogP) is 9.80. The van der Waals surface area contributed by atoms with Gasteiger partial charge in [-0.15, -0.1) is 0 Å². The van der Waals surface area contributed by atoms with Gasteiger partial charge in [0.05, 0.1) is 33.9 Å². The molecule has 0 rings (SSSR count). The van der Waals surface area contributed by atoms with E-state index in [4.69, 9.17) is 18.5 Å². The van der Waals surface area contributed by atoms with Gasteiger partial charge in [0.15, 0.2) is 6.10 Å². The highest BCUT2D eigenvalue weighted by molar-refractivity contribution is 7.45. The first kappa shape index (κ1) is 52.4. The molecule has 0 bridgehead atoms. The van der Waals surface area contributed by atoms with E-state index in [9.17, 15) is 24.2 Å². The minimum atomic E-state index is -4.67. The molecule has 0 aliphatic rings. The van der Waals surface area contributed by atoms with E-state index < -0.39 is 38.6 Å². The standard InChI is InChI=1S/C44H76NO9P/c1-6-8-10-12-14-16-18-19-21-22-24-26-29-33-41(46)34-30-28-32-36-44(48)54-42(40-53-55(49,50)52-38-37-45(3,4)5)39-51-43(47)35-31-27-25-23-20-17-15-13-11-9-7-2/h8,10,14,16,19,21,24,26,28-30,33,41-42,46H,6-7,9,11-13,15,17-18,20,22-23,25,27,31-32,34-40H2,1-5H3/b10-8-,16-14-,21-19-,26-24-,30-28-,33-29+. The number of unbranched alkanes of at least 4 members (excludes halogenated alkanes) is 10. The average Bonchev–Trinajstić information content (AvgIpc) is 3.12. The summed E-state index contributed by atoms with van der Waals surface area (Å²) in [6.07, 6.45) is 39.7.